The molecule has 0 radical (unpaired) electrons. The van der Waals surface area contributed by atoms with Gasteiger partial charge >= 0.3 is 0 Å². The summed E-state index contributed by atoms with van der Waals surface area (Å²) in [6.45, 7) is 5.97. The Morgan fingerprint density at radius 1 is 1.62 bits per heavy atom. The first kappa shape index (κ1) is 10.1. The van der Waals surface area contributed by atoms with E-state index in [0.29, 0.717) is 5.15 Å². The Morgan fingerprint density at radius 2 is 2.31 bits per heavy atom. The average Bonchev–Trinajstić information content (AvgIpc) is 2.17. The van der Waals surface area contributed by atoms with Crippen LogP contribution in [-0.4, -0.2) is 12.0 Å². The van der Waals surface area contributed by atoms with Gasteiger partial charge in [0.1, 0.15) is 5.15 Å². The Balaban J connectivity index is 2.83. The molecule has 1 N–H and O–H groups in total. The molecule has 3 heteroatoms. The van der Waals surface area contributed by atoms with Crippen LogP contribution >= 0.6 is 11.6 Å². The van der Waals surface area contributed by atoms with Gasteiger partial charge < -0.3 is 5.32 Å². The maximum atomic E-state index is 5.68. The smallest absolute Gasteiger partial charge is 0.129 e. The molecule has 70 valence electrons. The number of hydrogen-bond acceptors (Lipinski definition) is 2. The minimum Gasteiger partial charge on any atom is -0.391 e. The Morgan fingerprint density at radius 3 is 2.77 bits per heavy atom. The van der Waals surface area contributed by atoms with Gasteiger partial charge in [0.05, 0.1) is 0 Å². The fourth-order valence-corrected chi connectivity index (χ4v) is 1.17. The second-order valence-electron chi connectivity index (χ2n) is 2.91. The zero-order chi connectivity index (χ0) is 9.84. The quantitative estimate of drug-likeness (QED) is 0.752. The molecule has 1 heterocycles. The lowest BCUT2D eigenvalue weighted by atomic mass is 10.0. The van der Waals surface area contributed by atoms with E-state index in [1.54, 1.807) is 12.3 Å². The number of nitrogens with zero attached hydrogens (tertiary/aromatic N) is 1. The second-order valence-corrected chi connectivity index (χ2v) is 3.30. The van der Waals surface area contributed by atoms with Gasteiger partial charge in [0.15, 0.2) is 0 Å². The predicted octanol–water partition coefficient (Wildman–Crippen LogP) is 2.57. The Kier molecular flexibility index (Phi) is 3.32. The maximum absolute atomic E-state index is 5.68. The summed E-state index contributed by atoms with van der Waals surface area (Å²) >= 11 is 5.68. The molecule has 1 unspecified atom stereocenters. The molecule has 1 aromatic heterocycles. The summed E-state index contributed by atoms with van der Waals surface area (Å²) in [5.41, 5.74) is 2.09. The van der Waals surface area contributed by atoms with Crippen molar-refractivity contribution in [2.75, 3.05) is 7.05 Å². The highest BCUT2D eigenvalue weighted by molar-refractivity contribution is 6.29. The molecule has 0 aliphatic rings. The second kappa shape index (κ2) is 4.28. The van der Waals surface area contributed by atoms with Crippen LogP contribution in [0.25, 0.3) is 0 Å². The molecule has 0 bridgehead atoms. The third-order valence-corrected chi connectivity index (χ3v) is 2.32. The molecular weight excluding hydrogens is 184 g/mol. The van der Waals surface area contributed by atoms with Crippen molar-refractivity contribution >= 4 is 11.6 Å². The zero-order valence-corrected chi connectivity index (χ0v) is 8.60. The van der Waals surface area contributed by atoms with Gasteiger partial charge in [0, 0.05) is 24.9 Å². The van der Waals surface area contributed by atoms with Crippen molar-refractivity contribution in [1.29, 1.82) is 0 Å². The largest absolute Gasteiger partial charge is 0.391 e. The van der Waals surface area contributed by atoms with Crippen molar-refractivity contribution in [2.45, 2.75) is 12.8 Å². The third-order valence-electron chi connectivity index (χ3n) is 2.09. The minimum atomic E-state index is 0.259. The summed E-state index contributed by atoms with van der Waals surface area (Å²) < 4.78 is 0. The van der Waals surface area contributed by atoms with Crippen LogP contribution in [-0.2, 0) is 0 Å². The summed E-state index contributed by atoms with van der Waals surface area (Å²) in [4.78, 5) is 4.01. The summed E-state index contributed by atoms with van der Waals surface area (Å²) in [6.07, 6.45) is 1.77. The van der Waals surface area contributed by atoms with E-state index in [1.807, 2.05) is 13.1 Å². The molecule has 0 saturated carbocycles. The first-order valence-electron chi connectivity index (χ1n) is 4.13. The van der Waals surface area contributed by atoms with Crippen molar-refractivity contribution in [2.24, 2.45) is 0 Å². The van der Waals surface area contributed by atoms with Crippen LogP contribution in [0, 0.1) is 0 Å². The molecule has 1 rings (SSSR count). The number of allylic oxidation sites excluding steroid dienone is 1. The van der Waals surface area contributed by atoms with Crippen molar-refractivity contribution in [3.05, 3.63) is 41.3 Å². The molecule has 0 aliphatic heterocycles. The van der Waals surface area contributed by atoms with Crippen molar-refractivity contribution in [3.8, 4) is 0 Å². The van der Waals surface area contributed by atoms with Gasteiger partial charge in [-0.3, -0.25) is 0 Å². The van der Waals surface area contributed by atoms with E-state index in [-0.39, 0.29) is 5.92 Å². The van der Waals surface area contributed by atoms with E-state index in [4.69, 9.17) is 11.6 Å². The highest BCUT2D eigenvalue weighted by atomic mass is 35.5. The highest BCUT2D eigenvalue weighted by Gasteiger charge is 2.07. The molecular formula is C10H13ClN2. The number of rotatable bonds is 3. The summed E-state index contributed by atoms with van der Waals surface area (Å²) in [6, 6.07) is 3.75. The van der Waals surface area contributed by atoms with Crippen LogP contribution in [0.15, 0.2) is 30.6 Å². The Bertz CT molecular complexity index is 292. The van der Waals surface area contributed by atoms with Crippen LogP contribution in [0.5, 0.6) is 0 Å². The van der Waals surface area contributed by atoms with Gasteiger partial charge in [0.25, 0.3) is 0 Å². The van der Waals surface area contributed by atoms with E-state index >= 15 is 0 Å². The lowest BCUT2D eigenvalue weighted by Gasteiger charge is -2.13. The average molecular weight is 197 g/mol. The van der Waals surface area contributed by atoms with E-state index in [1.165, 1.54) is 0 Å². The normalized spacial score (nSPS) is 12.2. The van der Waals surface area contributed by atoms with Crippen LogP contribution in [0.1, 0.15) is 18.4 Å². The molecule has 0 amide bonds. The van der Waals surface area contributed by atoms with Gasteiger partial charge in [-0.15, -0.1) is 0 Å². The number of likely N-dealkylation sites (N-methyl/N-ethyl adjacent to an activating group) is 1. The van der Waals surface area contributed by atoms with Crippen molar-refractivity contribution in [3.63, 3.8) is 0 Å². The molecule has 1 atom stereocenters. The van der Waals surface area contributed by atoms with Crippen molar-refractivity contribution < 1.29 is 0 Å². The standard InChI is InChI=1S/C10H13ClN2/c1-7(8(2)12-3)9-4-5-10(11)13-6-9/h4-7,12H,2H2,1,3H3. The number of nitrogens with one attached hydrogen (secondary N) is 1. The van der Waals surface area contributed by atoms with Crippen LogP contribution in [0.4, 0.5) is 0 Å². The fourth-order valence-electron chi connectivity index (χ4n) is 1.06. The molecule has 0 spiro atoms. The molecule has 13 heavy (non-hydrogen) atoms. The molecule has 0 aromatic carbocycles. The SMILES string of the molecule is C=C(NC)C(C)c1ccc(Cl)nc1. The highest BCUT2D eigenvalue weighted by Crippen LogP contribution is 2.20. The zero-order valence-electron chi connectivity index (χ0n) is 7.84. The van der Waals surface area contributed by atoms with E-state index in [9.17, 15) is 0 Å². The van der Waals surface area contributed by atoms with Crippen LogP contribution in [0.3, 0.4) is 0 Å². The van der Waals surface area contributed by atoms with E-state index in [0.717, 1.165) is 11.3 Å². The number of halogens is 1. The van der Waals surface area contributed by atoms with Crippen LogP contribution < -0.4 is 5.32 Å². The Hall–Kier alpha value is -1.02. The van der Waals surface area contributed by atoms with Gasteiger partial charge in [-0.2, -0.15) is 0 Å². The number of pyridine rings is 1. The lowest BCUT2D eigenvalue weighted by Crippen LogP contribution is -2.11. The van der Waals surface area contributed by atoms with Gasteiger partial charge in [0.2, 0.25) is 0 Å². The lowest BCUT2D eigenvalue weighted by molar-refractivity contribution is 0.793. The summed E-state index contributed by atoms with van der Waals surface area (Å²) in [5, 5.41) is 3.54. The molecule has 0 aliphatic carbocycles. The maximum Gasteiger partial charge on any atom is 0.129 e. The van der Waals surface area contributed by atoms with Gasteiger partial charge in [-0.05, 0) is 11.6 Å². The summed E-state index contributed by atoms with van der Waals surface area (Å²) in [7, 11) is 1.86. The number of hydrogen-bond donors (Lipinski definition) is 1. The minimum absolute atomic E-state index is 0.259. The van der Waals surface area contributed by atoms with Gasteiger partial charge in [-0.1, -0.05) is 31.2 Å². The van der Waals surface area contributed by atoms with E-state index < -0.39 is 0 Å². The monoisotopic (exact) mass is 196 g/mol. The summed E-state index contributed by atoms with van der Waals surface area (Å²) in [5.74, 6) is 0.259. The molecule has 0 fully saturated rings. The molecule has 1 aromatic rings. The molecule has 0 saturated heterocycles. The van der Waals surface area contributed by atoms with Gasteiger partial charge in [-0.25, -0.2) is 4.98 Å². The predicted molar refractivity (Wildman–Crippen MR) is 55.9 cm³/mol. The van der Waals surface area contributed by atoms with Crippen molar-refractivity contribution in [1.82, 2.24) is 10.3 Å². The first-order chi connectivity index (χ1) is 6.15. The first-order valence-corrected chi connectivity index (χ1v) is 4.51. The fraction of sp³-hybridized carbons (Fsp3) is 0.300. The van der Waals surface area contributed by atoms with Crippen LogP contribution in [0.2, 0.25) is 5.15 Å². The number of aromatic nitrogens is 1. The Labute approximate surface area is 83.6 Å². The topological polar surface area (TPSA) is 24.9 Å². The van der Waals surface area contributed by atoms with E-state index in [2.05, 4.69) is 23.8 Å². The molecule has 2 nitrogen and oxygen atoms in total. The third kappa shape index (κ3) is 2.46.